The molecule has 1 aromatic heterocycles. The number of aromatic nitrogens is 1. The van der Waals surface area contributed by atoms with Crippen LogP contribution in [0.2, 0.25) is 0 Å². The van der Waals surface area contributed by atoms with E-state index in [1.807, 2.05) is 32.2 Å². The first-order valence-electron chi connectivity index (χ1n) is 4.47. The average Bonchev–Trinajstić information content (AvgIpc) is 2.18. The van der Waals surface area contributed by atoms with Crippen LogP contribution in [0, 0.1) is 11.3 Å². The second-order valence-corrected chi connectivity index (χ2v) is 3.64. The molecule has 2 nitrogen and oxygen atoms in total. The zero-order valence-corrected chi connectivity index (χ0v) is 8.33. The van der Waals surface area contributed by atoms with E-state index in [1.54, 1.807) is 0 Å². The molecule has 0 spiro atoms. The van der Waals surface area contributed by atoms with Gasteiger partial charge in [0.25, 0.3) is 0 Å². The van der Waals surface area contributed by atoms with Gasteiger partial charge >= 0.3 is 0 Å². The number of pyridine rings is 1. The van der Waals surface area contributed by atoms with E-state index in [0.717, 1.165) is 12.1 Å². The number of nitriles is 1. The van der Waals surface area contributed by atoms with E-state index in [1.165, 1.54) is 5.56 Å². The maximum atomic E-state index is 8.88. The Balaban J connectivity index is 3.00. The summed E-state index contributed by atoms with van der Waals surface area (Å²) < 4.78 is 0. The highest BCUT2D eigenvalue weighted by molar-refractivity contribution is 5.25. The molecular formula is C11H14N2. The zero-order chi connectivity index (χ0) is 9.90. The smallest absolute Gasteiger partial charge is 0.0937 e. The van der Waals surface area contributed by atoms with Gasteiger partial charge in [0.05, 0.1) is 17.2 Å². The Labute approximate surface area is 79.2 Å². The Morgan fingerprint density at radius 3 is 2.54 bits per heavy atom. The fourth-order valence-corrected chi connectivity index (χ4v) is 1.06. The Kier molecular flexibility index (Phi) is 2.67. The molecule has 0 aliphatic rings. The van der Waals surface area contributed by atoms with E-state index in [2.05, 4.69) is 18.0 Å². The maximum absolute atomic E-state index is 8.88. The normalized spacial score (nSPS) is 10.9. The molecule has 68 valence electrons. The SMILES string of the molecule is CCc1ccc(C(C)(C)C#N)nc1. The third-order valence-electron chi connectivity index (χ3n) is 2.15. The highest BCUT2D eigenvalue weighted by atomic mass is 14.7. The first-order valence-corrected chi connectivity index (χ1v) is 4.47. The van der Waals surface area contributed by atoms with E-state index in [4.69, 9.17) is 5.26 Å². The van der Waals surface area contributed by atoms with Crippen LogP contribution in [0.3, 0.4) is 0 Å². The quantitative estimate of drug-likeness (QED) is 0.690. The lowest BCUT2D eigenvalue weighted by molar-refractivity contribution is 0.658. The minimum atomic E-state index is -0.480. The number of aryl methyl sites for hydroxylation is 1. The van der Waals surface area contributed by atoms with Crippen molar-refractivity contribution in [1.82, 2.24) is 4.98 Å². The first-order chi connectivity index (χ1) is 6.10. The number of rotatable bonds is 2. The van der Waals surface area contributed by atoms with Gasteiger partial charge in [-0.25, -0.2) is 0 Å². The van der Waals surface area contributed by atoms with Crippen LogP contribution in [0.4, 0.5) is 0 Å². The molecule has 0 aliphatic carbocycles. The van der Waals surface area contributed by atoms with Crippen LogP contribution in [0.1, 0.15) is 32.0 Å². The third kappa shape index (κ3) is 2.06. The summed E-state index contributed by atoms with van der Waals surface area (Å²) in [5.41, 5.74) is 1.57. The summed E-state index contributed by atoms with van der Waals surface area (Å²) in [7, 11) is 0. The van der Waals surface area contributed by atoms with Crippen LogP contribution >= 0.6 is 0 Å². The van der Waals surface area contributed by atoms with Crippen molar-refractivity contribution in [3.63, 3.8) is 0 Å². The van der Waals surface area contributed by atoms with Crippen LogP contribution < -0.4 is 0 Å². The summed E-state index contributed by atoms with van der Waals surface area (Å²) in [6, 6.07) is 6.19. The Bertz CT molecular complexity index is 317. The summed E-state index contributed by atoms with van der Waals surface area (Å²) in [5, 5.41) is 8.88. The lowest BCUT2D eigenvalue weighted by Gasteiger charge is -2.14. The molecular weight excluding hydrogens is 160 g/mol. The van der Waals surface area contributed by atoms with Crippen molar-refractivity contribution in [2.75, 3.05) is 0 Å². The topological polar surface area (TPSA) is 36.7 Å². The predicted octanol–water partition coefficient (Wildman–Crippen LogP) is 2.45. The van der Waals surface area contributed by atoms with Crippen molar-refractivity contribution in [3.05, 3.63) is 29.6 Å². The van der Waals surface area contributed by atoms with Crippen LogP contribution in [0.15, 0.2) is 18.3 Å². The molecule has 1 rings (SSSR count). The summed E-state index contributed by atoms with van der Waals surface area (Å²) in [6.07, 6.45) is 2.83. The van der Waals surface area contributed by atoms with Crippen molar-refractivity contribution in [2.45, 2.75) is 32.6 Å². The fourth-order valence-electron chi connectivity index (χ4n) is 1.06. The Morgan fingerprint density at radius 2 is 2.15 bits per heavy atom. The fraction of sp³-hybridized carbons (Fsp3) is 0.455. The van der Waals surface area contributed by atoms with Crippen molar-refractivity contribution < 1.29 is 0 Å². The van der Waals surface area contributed by atoms with E-state index >= 15 is 0 Å². The average molecular weight is 174 g/mol. The molecule has 2 heteroatoms. The van der Waals surface area contributed by atoms with E-state index in [-0.39, 0.29) is 0 Å². The minimum Gasteiger partial charge on any atom is -0.259 e. The summed E-state index contributed by atoms with van der Waals surface area (Å²) in [4.78, 5) is 4.27. The molecule has 0 aromatic carbocycles. The van der Waals surface area contributed by atoms with E-state index in [9.17, 15) is 0 Å². The summed E-state index contributed by atoms with van der Waals surface area (Å²) >= 11 is 0. The van der Waals surface area contributed by atoms with Gasteiger partial charge in [-0.15, -0.1) is 0 Å². The van der Waals surface area contributed by atoms with Crippen molar-refractivity contribution in [1.29, 1.82) is 5.26 Å². The molecule has 1 heterocycles. The monoisotopic (exact) mass is 174 g/mol. The van der Waals surface area contributed by atoms with Crippen molar-refractivity contribution in [2.24, 2.45) is 0 Å². The van der Waals surface area contributed by atoms with Crippen LogP contribution in [0.5, 0.6) is 0 Å². The molecule has 0 saturated heterocycles. The highest BCUT2D eigenvalue weighted by Gasteiger charge is 2.20. The molecule has 0 atom stereocenters. The molecule has 1 aromatic rings. The molecule has 13 heavy (non-hydrogen) atoms. The lowest BCUT2D eigenvalue weighted by atomic mass is 9.90. The second kappa shape index (κ2) is 3.57. The van der Waals surface area contributed by atoms with Gasteiger partial charge < -0.3 is 0 Å². The molecule has 0 unspecified atom stereocenters. The van der Waals surface area contributed by atoms with Crippen LogP contribution in [-0.2, 0) is 11.8 Å². The lowest BCUT2D eigenvalue weighted by Crippen LogP contribution is -2.15. The van der Waals surface area contributed by atoms with Gasteiger partial charge in [0.15, 0.2) is 0 Å². The largest absolute Gasteiger partial charge is 0.259 e. The van der Waals surface area contributed by atoms with Gasteiger partial charge in [-0.2, -0.15) is 5.26 Å². The Hall–Kier alpha value is -1.36. The molecule has 0 amide bonds. The maximum Gasteiger partial charge on any atom is 0.0937 e. The third-order valence-corrected chi connectivity index (χ3v) is 2.15. The van der Waals surface area contributed by atoms with E-state index < -0.39 is 5.41 Å². The number of hydrogen-bond acceptors (Lipinski definition) is 2. The van der Waals surface area contributed by atoms with Crippen LogP contribution in [0.25, 0.3) is 0 Å². The molecule has 0 radical (unpaired) electrons. The van der Waals surface area contributed by atoms with Gasteiger partial charge in [-0.3, -0.25) is 4.98 Å². The predicted molar refractivity (Wildman–Crippen MR) is 52.3 cm³/mol. The highest BCUT2D eigenvalue weighted by Crippen LogP contribution is 2.19. The molecule has 0 aliphatic heterocycles. The molecule has 0 fully saturated rings. The van der Waals surface area contributed by atoms with Crippen molar-refractivity contribution in [3.8, 4) is 6.07 Å². The second-order valence-electron chi connectivity index (χ2n) is 3.64. The van der Waals surface area contributed by atoms with Gasteiger partial charge in [-0.1, -0.05) is 13.0 Å². The Morgan fingerprint density at radius 1 is 1.46 bits per heavy atom. The van der Waals surface area contributed by atoms with Gasteiger partial charge in [0.2, 0.25) is 0 Å². The van der Waals surface area contributed by atoms with Gasteiger partial charge in [0.1, 0.15) is 0 Å². The molecule has 0 bridgehead atoms. The zero-order valence-electron chi connectivity index (χ0n) is 8.33. The number of nitrogens with zero attached hydrogens (tertiary/aromatic N) is 2. The number of hydrogen-bond donors (Lipinski definition) is 0. The van der Waals surface area contributed by atoms with Gasteiger partial charge in [0, 0.05) is 6.20 Å². The summed E-state index contributed by atoms with van der Waals surface area (Å²) in [6.45, 7) is 5.84. The first kappa shape index (κ1) is 9.73. The van der Waals surface area contributed by atoms with Gasteiger partial charge in [-0.05, 0) is 31.9 Å². The summed E-state index contributed by atoms with van der Waals surface area (Å²) in [5.74, 6) is 0. The van der Waals surface area contributed by atoms with Crippen molar-refractivity contribution >= 4 is 0 Å². The van der Waals surface area contributed by atoms with E-state index in [0.29, 0.717) is 0 Å². The molecule has 0 saturated carbocycles. The molecule has 0 N–H and O–H groups in total. The standard InChI is InChI=1S/C11H14N2/c1-4-9-5-6-10(13-7-9)11(2,3)8-12/h5-7H,4H2,1-3H3. The minimum absolute atomic E-state index is 0.480. The van der Waals surface area contributed by atoms with Crippen LogP contribution in [-0.4, -0.2) is 4.98 Å².